The van der Waals surface area contributed by atoms with Crippen LogP contribution in [-0.2, 0) is 0 Å². The van der Waals surface area contributed by atoms with Crippen molar-refractivity contribution in [2.75, 3.05) is 13.1 Å². The Kier molecular flexibility index (Phi) is 2.19. The lowest BCUT2D eigenvalue weighted by atomic mass is 9.85. The molecule has 17 heavy (non-hydrogen) atoms. The lowest BCUT2D eigenvalue weighted by Gasteiger charge is -2.48. The minimum absolute atomic E-state index is 0.0813. The zero-order valence-corrected chi connectivity index (χ0v) is 9.40. The van der Waals surface area contributed by atoms with Crippen LogP contribution in [0.5, 0.6) is 0 Å². The van der Waals surface area contributed by atoms with Crippen LogP contribution in [-0.4, -0.2) is 34.4 Å². The van der Waals surface area contributed by atoms with Gasteiger partial charge in [0.2, 0.25) is 0 Å². The standard InChI is InChI=1S/C12H14FN3O/c13-10-5-15-4-3-9(10)11(17)16-6-12(14,7-16)8-1-2-8/h3-5,8H,1-2,6-7,14H2. The molecule has 1 saturated heterocycles. The van der Waals surface area contributed by atoms with Gasteiger partial charge in [0.25, 0.3) is 5.91 Å². The van der Waals surface area contributed by atoms with Crippen LogP contribution >= 0.6 is 0 Å². The van der Waals surface area contributed by atoms with Gasteiger partial charge in [-0.3, -0.25) is 9.78 Å². The zero-order chi connectivity index (χ0) is 12.0. The Morgan fingerprint density at radius 2 is 2.24 bits per heavy atom. The molecule has 3 rings (SSSR count). The molecule has 2 heterocycles. The highest BCUT2D eigenvalue weighted by Gasteiger charge is 2.51. The van der Waals surface area contributed by atoms with Crippen molar-refractivity contribution >= 4 is 5.91 Å². The smallest absolute Gasteiger partial charge is 0.257 e. The quantitative estimate of drug-likeness (QED) is 0.824. The van der Waals surface area contributed by atoms with Gasteiger partial charge in [-0.2, -0.15) is 0 Å². The van der Waals surface area contributed by atoms with Crippen LogP contribution in [0, 0.1) is 11.7 Å². The Labute approximate surface area is 98.6 Å². The second-order valence-corrected chi connectivity index (χ2v) is 5.02. The van der Waals surface area contributed by atoms with Crippen LogP contribution in [0.25, 0.3) is 0 Å². The Morgan fingerprint density at radius 1 is 1.53 bits per heavy atom. The summed E-state index contributed by atoms with van der Waals surface area (Å²) in [5.41, 5.74) is 6.01. The minimum atomic E-state index is -0.571. The van der Waals surface area contributed by atoms with Crippen LogP contribution in [0.4, 0.5) is 4.39 Å². The highest BCUT2D eigenvalue weighted by Crippen LogP contribution is 2.43. The first kappa shape index (κ1) is 10.7. The van der Waals surface area contributed by atoms with Crippen molar-refractivity contribution < 1.29 is 9.18 Å². The number of hydrogen-bond donors (Lipinski definition) is 1. The van der Waals surface area contributed by atoms with Crippen molar-refractivity contribution in [3.63, 3.8) is 0 Å². The zero-order valence-electron chi connectivity index (χ0n) is 9.40. The number of pyridine rings is 1. The van der Waals surface area contributed by atoms with Crippen molar-refractivity contribution in [1.29, 1.82) is 0 Å². The maximum Gasteiger partial charge on any atom is 0.257 e. The van der Waals surface area contributed by atoms with Crippen LogP contribution in [0.2, 0.25) is 0 Å². The number of rotatable bonds is 2. The second-order valence-electron chi connectivity index (χ2n) is 5.02. The highest BCUT2D eigenvalue weighted by atomic mass is 19.1. The summed E-state index contributed by atoms with van der Waals surface area (Å²) in [7, 11) is 0. The van der Waals surface area contributed by atoms with Crippen molar-refractivity contribution in [2.24, 2.45) is 11.7 Å². The highest BCUT2D eigenvalue weighted by molar-refractivity contribution is 5.95. The Morgan fingerprint density at radius 3 is 2.82 bits per heavy atom. The van der Waals surface area contributed by atoms with Gasteiger partial charge in [-0.25, -0.2) is 4.39 Å². The van der Waals surface area contributed by atoms with E-state index in [4.69, 9.17) is 5.73 Å². The van der Waals surface area contributed by atoms with Gasteiger partial charge < -0.3 is 10.6 Å². The van der Waals surface area contributed by atoms with Gasteiger partial charge in [-0.1, -0.05) is 0 Å². The van der Waals surface area contributed by atoms with E-state index in [1.807, 2.05) is 0 Å². The van der Waals surface area contributed by atoms with Crippen LogP contribution < -0.4 is 5.73 Å². The number of carbonyl (C=O) groups is 1. The average Bonchev–Trinajstić information content (AvgIpc) is 3.08. The number of nitrogens with zero attached hydrogens (tertiary/aromatic N) is 2. The van der Waals surface area contributed by atoms with E-state index in [0.29, 0.717) is 19.0 Å². The molecule has 0 aromatic carbocycles. The largest absolute Gasteiger partial charge is 0.335 e. The van der Waals surface area contributed by atoms with E-state index < -0.39 is 5.82 Å². The first-order valence-electron chi connectivity index (χ1n) is 5.78. The van der Waals surface area contributed by atoms with Gasteiger partial charge >= 0.3 is 0 Å². The fraction of sp³-hybridized carbons (Fsp3) is 0.500. The molecule has 0 atom stereocenters. The normalized spacial score (nSPS) is 22.1. The van der Waals surface area contributed by atoms with E-state index >= 15 is 0 Å². The van der Waals surface area contributed by atoms with Crippen molar-refractivity contribution in [3.05, 3.63) is 29.8 Å². The molecule has 0 bridgehead atoms. The summed E-state index contributed by atoms with van der Waals surface area (Å²) >= 11 is 0. The molecular formula is C12H14FN3O. The summed E-state index contributed by atoms with van der Waals surface area (Å²) in [4.78, 5) is 17.2. The maximum absolute atomic E-state index is 13.4. The molecule has 2 fully saturated rings. The number of nitrogens with two attached hydrogens (primary N) is 1. The van der Waals surface area contributed by atoms with Gasteiger partial charge in [0.1, 0.15) is 0 Å². The number of likely N-dealkylation sites (tertiary alicyclic amines) is 1. The molecule has 1 aromatic heterocycles. The monoisotopic (exact) mass is 235 g/mol. The molecule has 1 aliphatic heterocycles. The van der Waals surface area contributed by atoms with E-state index in [1.165, 1.54) is 12.3 Å². The lowest BCUT2D eigenvalue weighted by molar-refractivity contribution is 0.0346. The molecule has 1 amide bonds. The van der Waals surface area contributed by atoms with E-state index in [1.54, 1.807) is 4.90 Å². The third-order valence-electron chi connectivity index (χ3n) is 3.65. The lowest BCUT2D eigenvalue weighted by Crippen LogP contribution is -2.69. The molecule has 0 spiro atoms. The molecule has 1 saturated carbocycles. The number of carbonyl (C=O) groups excluding carboxylic acids is 1. The summed E-state index contributed by atoms with van der Waals surface area (Å²) < 4.78 is 13.4. The van der Waals surface area contributed by atoms with Crippen LogP contribution in [0.1, 0.15) is 23.2 Å². The van der Waals surface area contributed by atoms with Crippen LogP contribution in [0.15, 0.2) is 18.5 Å². The SMILES string of the molecule is NC1(C2CC2)CN(C(=O)c2ccncc2F)C1. The molecule has 0 unspecified atom stereocenters. The summed E-state index contributed by atoms with van der Waals surface area (Å²) in [5, 5.41) is 0. The summed E-state index contributed by atoms with van der Waals surface area (Å²) in [6.07, 6.45) is 4.79. The third-order valence-corrected chi connectivity index (χ3v) is 3.65. The van der Waals surface area contributed by atoms with Gasteiger partial charge in [-0.05, 0) is 24.8 Å². The van der Waals surface area contributed by atoms with Crippen LogP contribution in [0.3, 0.4) is 0 Å². The molecule has 1 aliphatic carbocycles. The van der Waals surface area contributed by atoms with E-state index in [2.05, 4.69) is 4.98 Å². The van der Waals surface area contributed by atoms with Gasteiger partial charge in [0.15, 0.2) is 5.82 Å². The number of halogens is 1. The molecule has 2 N–H and O–H groups in total. The van der Waals surface area contributed by atoms with E-state index in [9.17, 15) is 9.18 Å². The van der Waals surface area contributed by atoms with Gasteiger partial charge in [-0.15, -0.1) is 0 Å². The third kappa shape index (κ3) is 1.70. The van der Waals surface area contributed by atoms with Crippen molar-refractivity contribution in [1.82, 2.24) is 9.88 Å². The Hall–Kier alpha value is -1.49. The number of aromatic nitrogens is 1. The van der Waals surface area contributed by atoms with Gasteiger partial charge in [0.05, 0.1) is 17.3 Å². The molecule has 4 nitrogen and oxygen atoms in total. The van der Waals surface area contributed by atoms with E-state index in [-0.39, 0.29) is 17.0 Å². The number of hydrogen-bond acceptors (Lipinski definition) is 3. The first-order valence-corrected chi connectivity index (χ1v) is 5.78. The topological polar surface area (TPSA) is 59.2 Å². The van der Waals surface area contributed by atoms with Crippen molar-refractivity contribution in [2.45, 2.75) is 18.4 Å². The molecule has 90 valence electrons. The second kappa shape index (κ2) is 3.50. The predicted molar refractivity (Wildman–Crippen MR) is 59.7 cm³/mol. The average molecular weight is 235 g/mol. The fourth-order valence-corrected chi connectivity index (χ4v) is 2.44. The molecule has 2 aliphatic rings. The summed E-state index contributed by atoms with van der Waals surface area (Å²) in [6.45, 7) is 1.08. The molecule has 1 aromatic rings. The molecule has 0 radical (unpaired) electrons. The maximum atomic E-state index is 13.4. The molecular weight excluding hydrogens is 221 g/mol. The Balaban J connectivity index is 1.71. The van der Waals surface area contributed by atoms with Crippen molar-refractivity contribution in [3.8, 4) is 0 Å². The Bertz CT molecular complexity index is 467. The molecule has 5 heteroatoms. The van der Waals surface area contributed by atoms with E-state index in [0.717, 1.165) is 19.0 Å². The number of amides is 1. The minimum Gasteiger partial charge on any atom is -0.335 e. The van der Waals surface area contributed by atoms with Gasteiger partial charge in [0, 0.05) is 19.3 Å². The summed E-state index contributed by atoms with van der Waals surface area (Å²) in [6, 6.07) is 1.41. The first-order chi connectivity index (χ1) is 8.10. The summed E-state index contributed by atoms with van der Waals surface area (Å²) in [5.74, 6) is -0.307. The predicted octanol–water partition coefficient (Wildman–Crippen LogP) is 0.784. The fourth-order valence-electron chi connectivity index (χ4n) is 2.44.